The Bertz CT molecular complexity index is 1080. The number of hydrogen-bond acceptors (Lipinski definition) is 5. The molecular formula is C21H20ClN3O2S. The summed E-state index contributed by atoms with van der Waals surface area (Å²) >= 11 is 7.56. The first-order valence-corrected chi connectivity index (χ1v) is 10.4. The Kier molecular flexibility index (Phi) is 7.10. The molecule has 0 saturated carbocycles. The SMILES string of the molecule is CCOCCCn1c(SCc2cccc(C#N)c2)nc2cc(Cl)ccc2c1=O. The molecule has 1 heterocycles. The Hall–Kier alpha value is -2.33. The van der Waals surface area contributed by atoms with Crippen molar-refractivity contribution in [2.75, 3.05) is 13.2 Å². The molecule has 3 aromatic rings. The first kappa shape index (κ1) is 20.4. The highest BCUT2D eigenvalue weighted by molar-refractivity contribution is 7.98. The molecule has 0 aliphatic rings. The Labute approximate surface area is 172 Å². The van der Waals surface area contributed by atoms with E-state index in [4.69, 9.17) is 21.6 Å². The smallest absolute Gasteiger partial charge is 0.262 e. The molecule has 2 aromatic carbocycles. The van der Waals surface area contributed by atoms with Crippen molar-refractivity contribution in [2.24, 2.45) is 0 Å². The number of ether oxygens (including phenoxy) is 1. The molecule has 0 radical (unpaired) electrons. The van der Waals surface area contributed by atoms with Gasteiger partial charge in [-0.15, -0.1) is 0 Å². The van der Waals surface area contributed by atoms with Crippen molar-refractivity contribution in [2.45, 2.75) is 30.8 Å². The van der Waals surface area contributed by atoms with Gasteiger partial charge < -0.3 is 4.74 Å². The summed E-state index contributed by atoms with van der Waals surface area (Å²) in [5.41, 5.74) is 2.13. The van der Waals surface area contributed by atoms with Crippen LogP contribution in [0.1, 0.15) is 24.5 Å². The van der Waals surface area contributed by atoms with Gasteiger partial charge in [-0.2, -0.15) is 5.26 Å². The van der Waals surface area contributed by atoms with E-state index >= 15 is 0 Å². The third-order valence-corrected chi connectivity index (χ3v) is 5.46. The van der Waals surface area contributed by atoms with Crippen molar-refractivity contribution in [1.29, 1.82) is 5.26 Å². The zero-order valence-electron chi connectivity index (χ0n) is 15.5. The highest BCUT2D eigenvalue weighted by Gasteiger charge is 2.12. The summed E-state index contributed by atoms with van der Waals surface area (Å²) in [5.74, 6) is 0.611. The molecule has 0 fully saturated rings. The molecule has 3 rings (SSSR count). The van der Waals surface area contributed by atoms with Crippen molar-refractivity contribution in [3.05, 3.63) is 69.0 Å². The Morgan fingerprint density at radius 2 is 2.14 bits per heavy atom. The minimum absolute atomic E-state index is 0.0774. The Morgan fingerprint density at radius 1 is 1.29 bits per heavy atom. The second-order valence-electron chi connectivity index (χ2n) is 6.16. The maximum Gasteiger partial charge on any atom is 0.262 e. The molecule has 0 amide bonds. The van der Waals surface area contributed by atoms with E-state index in [0.717, 1.165) is 12.0 Å². The summed E-state index contributed by atoms with van der Waals surface area (Å²) in [6.45, 7) is 3.73. The minimum Gasteiger partial charge on any atom is -0.382 e. The van der Waals surface area contributed by atoms with Gasteiger partial charge >= 0.3 is 0 Å². The molecule has 7 heteroatoms. The average molecular weight is 414 g/mol. The maximum absolute atomic E-state index is 13.0. The highest BCUT2D eigenvalue weighted by atomic mass is 35.5. The number of aromatic nitrogens is 2. The standard InChI is InChI=1S/C21H20ClN3O2S/c1-2-27-10-4-9-25-20(26)18-8-7-17(22)12-19(18)24-21(25)28-14-16-6-3-5-15(11-16)13-23/h3,5-8,11-12H,2,4,9-10,14H2,1H3. The van der Waals surface area contributed by atoms with E-state index in [1.165, 1.54) is 11.8 Å². The molecule has 144 valence electrons. The van der Waals surface area contributed by atoms with Gasteiger partial charge in [-0.3, -0.25) is 9.36 Å². The van der Waals surface area contributed by atoms with Crippen molar-refractivity contribution in [3.8, 4) is 6.07 Å². The predicted octanol–water partition coefficient (Wildman–Crippen LogP) is 4.64. The molecule has 0 atom stereocenters. The lowest BCUT2D eigenvalue weighted by atomic mass is 10.2. The van der Waals surface area contributed by atoms with Crippen LogP contribution in [-0.2, 0) is 17.0 Å². The van der Waals surface area contributed by atoms with Crippen LogP contribution in [0.2, 0.25) is 5.02 Å². The highest BCUT2D eigenvalue weighted by Crippen LogP contribution is 2.24. The molecule has 5 nitrogen and oxygen atoms in total. The lowest BCUT2D eigenvalue weighted by Gasteiger charge is -2.13. The number of hydrogen-bond donors (Lipinski definition) is 0. The van der Waals surface area contributed by atoms with E-state index in [-0.39, 0.29) is 5.56 Å². The summed E-state index contributed by atoms with van der Waals surface area (Å²) in [6.07, 6.45) is 0.728. The van der Waals surface area contributed by atoms with Crippen LogP contribution in [0.3, 0.4) is 0 Å². The van der Waals surface area contributed by atoms with Crippen LogP contribution in [0.4, 0.5) is 0 Å². The van der Waals surface area contributed by atoms with Gasteiger partial charge in [-0.05, 0) is 49.2 Å². The Balaban J connectivity index is 1.92. The first-order valence-electron chi connectivity index (χ1n) is 9.02. The average Bonchev–Trinajstić information content (AvgIpc) is 2.71. The predicted molar refractivity (Wildman–Crippen MR) is 113 cm³/mol. The fraction of sp³-hybridized carbons (Fsp3) is 0.286. The molecule has 0 unspecified atom stereocenters. The number of fused-ring (bicyclic) bond motifs is 1. The number of nitriles is 1. The normalized spacial score (nSPS) is 10.9. The number of nitrogens with zero attached hydrogens (tertiary/aromatic N) is 3. The third-order valence-electron chi connectivity index (χ3n) is 4.18. The van der Waals surface area contributed by atoms with Crippen LogP contribution in [0, 0.1) is 11.3 Å². The molecule has 0 saturated heterocycles. The van der Waals surface area contributed by atoms with E-state index in [1.54, 1.807) is 28.8 Å². The van der Waals surface area contributed by atoms with Crippen molar-refractivity contribution < 1.29 is 4.74 Å². The molecule has 0 aliphatic carbocycles. The van der Waals surface area contributed by atoms with Crippen LogP contribution >= 0.6 is 23.4 Å². The number of thioether (sulfide) groups is 1. The Morgan fingerprint density at radius 3 is 2.93 bits per heavy atom. The minimum atomic E-state index is -0.0774. The van der Waals surface area contributed by atoms with E-state index < -0.39 is 0 Å². The molecular weight excluding hydrogens is 394 g/mol. The van der Waals surface area contributed by atoms with E-state index in [9.17, 15) is 4.79 Å². The van der Waals surface area contributed by atoms with E-state index in [1.807, 2.05) is 25.1 Å². The molecule has 0 N–H and O–H groups in total. The number of benzene rings is 2. The molecule has 1 aromatic heterocycles. The molecule has 28 heavy (non-hydrogen) atoms. The van der Waals surface area contributed by atoms with Gasteiger partial charge in [-0.25, -0.2) is 4.98 Å². The quantitative estimate of drug-likeness (QED) is 0.305. The lowest BCUT2D eigenvalue weighted by Crippen LogP contribution is -2.24. The molecule has 0 aliphatic heterocycles. The second kappa shape index (κ2) is 9.74. The number of rotatable bonds is 8. The fourth-order valence-electron chi connectivity index (χ4n) is 2.83. The van der Waals surface area contributed by atoms with E-state index in [0.29, 0.717) is 52.2 Å². The van der Waals surface area contributed by atoms with Crippen LogP contribution < -0.4 is 5.56 Å². The van der Waals surface area contributed by atoms with Gasteiger partial charge in [0.2, 0.25) is 0 Å². The summed E-state index contributed by atoms with van der Waals surface area (Å²) < 4.78 is 7.10. The van der Waals surface area contributed by atoms with Crippen LogP contribution in [0.5, 0.6) is 0 Å². The molecule has 0 bridgehead atoms. The van der Waals surface area contributed by atoms with Crippen LogP contribution in [0.15, 0.2) is 52.4 Å². The summed E-state index contributed by atoms with van der Waals surface area (Å²) in [6, 6.07) is 14.7. The van der Waals surface area contributed by atoms with E-state index in [2.05, 4.69) is 11.1 Å². The summed E-state index contributed by atoms with van der Waals surface area (Å²) in [7, 11) is 0. The fourth-order valence-corrected chi connectivity index (χ4v) is 3.96. The monoisotopic (exact) mass is 413 g/mol. The van der Waals surface area contributed by atoms with Crippen molar-refractivity contribution in [1.82, 2.24) is 9.55 Å². The van der Waals surface area contributed by atoms with Gasteiger partial charge in [0.05, 0.1) is 22.5 Å². The van der Waals surface area contributed by atoms with Crippen molar-refractivity contribution in [3.63, 3.8) is 0 Å². The third kappa shape index (κ3) is 4.93. The summed E-state index contributed by atoms with van der Waals surface area (Å²) in [5, 5.41) is 10.8. The maximum atomic E-state index is 13.0. The number of halogens is 1. The van der Waals surface area contributed by atoms with Crippen LogP contribution in [0.25, 0.3) is 10.9 Å². The lowest BCUT2D eigenvalue weighted by molar-refractivity contribution is 0.140. The van der Waals surface area contributed by atoms with Crippen molar-refractivity contribution >= 4 is 34.3 Å². The zero-order chi connectivity index (χ0) is 19.9. The van der Waals surface area contributed by atoms with Crippen LogP contribution in [-0.4, -0.2) is 22.8 Å². The second-order valence-corrected chi connectivity index (χ2v) is 7.54. The van der Waals surface area contributed by atoms with Gasteiger partial charge in [0, 0.05) is 30.5 Å². The van der Waals surface area contributed by atoms with Gasteiger partial charge in [-0.1, -0.05) is 35.5 Å². The first-order chi connectivity index (χ1) is 13.6. The zero-order valence-corrected chi connectivity index (χ0v) is 17.1. The van der Waals surface area contributed by atoms with Gasteiger partial charge in [0.15, 0.2) is 5.16 Å². The largest absolute Gasteiger partial charge is 0.382 e. The molecule has 0 spiro atoms. The van der Waals surface area contributed by atoms with Gasteiger partial charge in [0.1, 0.15) is 0 Å². The van der Waals surface area contributed by atoms with Gasteiger partial charge in [0.25, 0.3) is 5.56 Å². The topological polar surface area (TPSA) is 67.9 Å². The summed E-state index contributed by atoms with van der Waals surface area (Å²) in [4.78, 5) is 17.7.